The van der Waals surface area contributed by atoms with Crippen molar-refractivity contribution in [3.05, 3.63) is 69.5 Å². The Hall–Kier alpha value is -5.37. The molecule has 320 valence electrons. The number of carboxylic acid groups (broad SMARTS) is 1. The third-order valence-corrected chi connectivity index (χ3v) is 10.1. The van der Waals surface area contributed by atoms with E-state index in [1.807, 2.05) is 0 Å². The summed E-state index contributed by atoms with van der Waals surface area (Å²) in [5.74, 6) is -5.94. The number of dihydropyridines is 1. The quantitative estimate of drug-likeness (QED) is 0.0618. The Bertz CT molecular complexity index is 2210. The number of ether oxygens (including phenoxy) is 4. The van der Waals surface area contributed by atoms with Gasteiger partial charge in [-0.05, 0) is 30.2 Å². The Morgan fingerprint density at radius 2 is 1.59 bits per heavy atom. The van der Waals surface area contributed by atoms with Gasteiger partial charge in [0.05, 0.1) is 6.17 Å². The zero-order chi connectivity index (χ0) is 43.1. The zero-order valence-corrected chi connectivity index (χ0v) is 30.6. The molecule has 59 heavy (non-hydrogen) atoms. The molecule has 0 spiro atoms. The average molecular weight is 835 g/mol. The number of fused-ring (bicyclic) bond motifs is 1. The first-order valence-corrected chi connectivity index (χ1v) is 17.9. The van der Waals surface area contributed by atoms with Gasteiger partial charge in [0.1, 0.15) is 64.9 Å². The average Bonchev–Trinajstić information content (AvgIpc) is 3.19. The first kappa shape index (κ1) is 43.2. The Kier molecular flexibility index (Phi) is 12.5. The molecule has 22 nitrogen and oxygen atoms in total. The smallest absolute Gasteiger partial charge is 0.340 e. The van der Waals surface area contributed by atoms with Gasteiger partial charge in [-0.25, -0.2) is 9.59 Å². The number of carbonyl (C=O) groups is 2. The number of phenols is 3. The van der Waals surface area contributed by atoms with E-state index in [1.165, 1.54) is 12.3 Å². The molecule has 0 bridgehead atoms. The lowest BCUT2D eigenvalue weighted by Crippen LogP contribution is -2.69. The van der Waals surface area contributed by atoms with Crippen LogP contribution in [-0.2, 0) is 36.6 Å². The molecular formula is C37H42N2O20. The van der Waals surface area contributed by atoms with Crippen LogP contribution in [0.15, 0.2) is 57.4 Å². The third kappa shape index (κ3) is 8.15. The summed E-state index contributed by atoms with van der Waals surface area (Å²) in [6.07, 6.45) is -17.4. The van der Waals surface area contributed by atoms with Crippen LogP contribution < -0.4 is 21.2 Å². The maximum Gasteiger partial charge on any atom is 0.340 e. The van der Waals surface area contributed by atoms with Gasteiger partial charge >= 0.3 is 11.9 Å². The minimum absolute atomic E-state index is 0.0734. The number of aromatic hydroxyl groups is 3. The molecule has 6 rings (SSSR count). The number of aliphatic hydroxyl groups is 8. The van der Waals surface area contributed by atoms with Gasteiger partial charge in [0, 0.05) is 61.1 Å². The van der Waals surface area contributed by atoms with Gasteiger partial charge in [0.25, 0.3) is 0 Å². The molecular weight excluding hydrogens is 792 g/mol. The van der Waals surface area contributed by atoms with Crippen molar-refractivity contribution in [2.45, 2.75) is 86.3 Å². The summed E-state index contributed by atoms with van der Waals surface area (Å²) in [4.78, 5) is 39.1. The Labute approximate surface area is 331 Å². The van der Waals surface area contributed by atoms with Crippen molar-refractivity contribution in [2.24, 2.45) is 5.73 Å². The number of nitrogens with two attached hydrogens (primary N) is 1. The van der Waals surface area contributed by atoms with E-state index in [9.17, 15) is 75.7 Å². The lowest BCUT2D eigenvalue weighted by atomic mass is 9.84. The molecule has 2 aromatic carbocycles. The van der Waals surface area contributed by atoms with Gasteiger partial charge in [-0.15, -0.1) is 0 Å². The largest absolute Gasteiger partial charge is 0.507 e. The normalized spacial score (nSPS) is 30.7. The minimum Gasteiger partial charge on any atom is -0.507 e. The second kappa shape index (κ2) is 17.1. The van der Waals surface area contributed by atoms with Crippen LogP contribution in [0.1, 0.15) is 17.5 Å². The molecule has 0 aliphatic carbocycles. The molecule has 22 heteroatoms. The molecule has 1 aromatic heterocycles. The molecule has 4 heterocycles. The molecule has 0 radical (unpaired) electrons. The highest BCUT2D eigenvalue weighted by atomic mass is 16.8. The number of phenolic OH excluding ortho intramolecular Hbond substituents is 3. The number of rotatable bonds is 12. The second-order valence-corrected chi connectivity index (χ2v) is 14.0. The van der Waals surface area contributed by atoms with E-state index in [-0.39, 0.29) is 52.0 Å². The van der Waals surface area contributed by atoms with Crippen LogP contribution in [0.5, 0.6) is 23.0 Å². The number of nitrogens with one attached hydrogen (secondary N) is 1. The number of hydrogen-bond acceptors (Lipinski definition) is 21. The fraction of sp³-hybridized carbons (Fsp3) is 0.432. The fourth-order valence-corrected chi connectivity index (χ4v) is 6.89. The monoisotopic (exact) mass is 834 g/mol. The first-order valence-electron chi connectivity index (χ1n) is 17.9. The number of aliphatic carboxylic acids is 1. The molecule has 3 aliphatic rings. The lowest BCUT2D eigenvalue weighted by Gasteiger charge is -2.46. The predicted molar refractivity (Wildman–Crippen MR) is 194 cm³/mol. The SMILES string of the molecule is NC1C=CC(Cc2c(OC3OC(C(=O)OC4OC(CCO)(C(=O)O)C(O)C(O)C4O)C(O)C(O)C3O)cc3oc(-c4cc(O)c(O)c(CCO)c4)cc(=O)c3c2O)=CN1. The molecule has 3 aromatic rings. The third-order valence-electron chi connectivity index (χ3n) is 10.1. The second-order valence-electron chi connectivity index (χ2n) is 14.0. The van der Waals surface area contributed by atoms with Crippen molar-refractivity contribution in [1.29, 1.82) is 0 Å². The van der Waals surface area contributed by atoms with Gasteiger partial charge in [-0.2, -0.15) is 0 Å². The minimum atomic E-state index is -2.79. The van der Waals surface area contributed by atoms with E-state index in [0.717, 1.165) is 18.2 Å². The zero-order valence-electron chi connectivity index (χ0n) is 30.6. The van der Waals surface area contributed by atoms with Gasteiger partial charge in [0.2, 0.25) is 12.6 Å². The van der Waals surface area contributed by atoms with E-state index >= 15 is 0 Å². The molecule has 15 N–H and O–H groups in total. The van der Waals surface area contributed by atoms with Crippen LogP contribution in [0.2, 0.25) is 0 Å². The van der Waals surface area contributed by atoms with Crippen LogP contribution in [0.3, 0.4) is 0 Å². The number of esters is 1. The van der Waals surface area contributed by atoms with Crippen molar-refractivity contribution in [3.8, 4) is 34.3 Å². The van der Waals surface area contributed by atoms with Crippen molar-refractivity contribution in [3.63, 3.8) is 0 Å². The van der Waals surface area contributed by atoms with Crippen LogP contribution in [-0.4, -0.2) is 154 Å². The van der Waals surface area contributed by atoms with E-state index in [4.69, 9.17) is 29.1 Å². The highest BCUT2D eigenvalue weighted by Gasteiger charge is 2.60. The topological polar surface area (TPSA) is 382 Å². The molecule has 2 saturated heterocycles. The molecule has 0 amide bonds. The van der Waals surface area contributed by atoms with E-state index < -0.39 is 121 Å². The lowest BCUT2D eigenvalue weighted by molar-refractivity contribution is -0.327. The Balaban J connectivity index is 1.37. The standard InChI is InChI=1S/C37H42N2O20/c38-22-2-1-13(12-39-22)7-16-20(11-21-23(25(16)45)17(42)10-19(55-21)15-8-14(3-5-40)24(44)18(43)9-15)56-34-29(49)26(46)27(47)31(57-34)33(52)58-35-30(50)28(48)32(51)37(59-35,4-6-41)36(53)54/h1-2,8-12,22,26-32,34-35,39-41,43-51H,3-7,38H2,(H,53,54). The predicted octanol–water partition coefficient (Wildman–Crippen LogP) is -3.64. The van der Waals surface area contributed by atoms with Crippen molar-refractivity contribution in [1.82, 2.24) is 5.32 Å². The summed E-state index contributed by atoms with van der Waals surface area (Å²) in [5.41, 5.74) is 2.45. The summed E-state index contributed by atoms with van der Waals surface area (Å²) < 4.78 is 27.7. The number of allylic oxidation sites excluding steroid dienone is 2. The van der Waals surface area contributed by atoms with E-state index in [1.54, 1.807) is 12.2 Å². The first-order chi connectivity index (χ1) is 27.9. The Morgan fingerprint density at radius 3 is 2.24 bits per heavy atom. The van der Waals surface area contributed by atoms with Gasteiger partial charge in [0.15, 0.2) is 28.6 Å². The number of hydrogen-bond donors (Lipinski definition) is 14. The van der Waals surface area contributed by atoms with Crippen LogP contribution in [0.25, 0.3) is 22.3 Å². The van der Waals surface area contributed by atoms with Crippen molar-refractivity contribution in [2.75, 3.05) is 13.2 Å². The van der Waals surface area contributed by atoms with Gasteiger partial charge < -0.3 is 95.7 Å². The fourth-order valence-electron chi connectivity index (χ4n) is 6.89. The summed E-state index contributed by atoms with van der Waals surface area (Å²) in [6, 6.07) is 4.52. The maximum absolute atomic E-state index is 13.6. The number of benzene rings is 2. The van der Waals surface area contributed by atoms with Gasteiger partial charge in [-0.1, -0.05) is 6.08 Å². The molecule has 11 unspecified atom stereocenters. The van der Waals surface area contributed by atoms with Crippen LogP contribution in [0, 0.1) is 0 Å². The summed E-state index contributed by atoms with van der Waals surface area (Å²) in [7, 11) is 0. The number of aliphatic hydroxyl groups excluding tert-OH is 8. The highest BCUT2D eigenvalue weighted by molar-refractivity contribution is 5.88. The molecule has 2 fully saturated rings. The highest BCUT2D eigenvalue weighted by Crippen LogP contribution is 2.41. The van der Waals surface area contributed by atoms with Crippen LogP contribution in [0.4, 0.5) is 0 Å². The van der Waals surface area contributed by atoms with Crippen molar-refractivity contribution < 1.29 is 94.2 Å². The molecule has 11 atom stereocenters. The van der Waals surface area contributed by atoms with E-state index in [2.05, 4.69) is 5.32 Å². The molecule has 3 aliphatic heterocycles. The Morgan fingerprint density at radius 1 is 0.881 bits per heavy atom. The summed E-state index contributed by atoms with van der Waals surface area (Å²) in [5, 5.41) is 127. The maximum atomic E-state index is 13.6. The van der Waals surface area contributed by atoms with Gasteiger partial charge in [-0.3, -0.25) is 4.79 Å². The summed E-state index contributed by atoms with van der Waals surface area (Å²) in [6.45, 7) is -1.30. The van der Waals surface area contributed by atoms with Crippen LogP contribution >= 0.6 is 0 Å². The van der Waals surface area contributed by atoms with Crippen molar-refractivity contribution >= 4 is 22.9 Å². The molecule has 0 saturated carbocycles. The summed E-state index contributed by atoms with van der Waals surface area (Å²) >= 11 is 0. The number of carboxylic acids is 1. The van der Waals surface area contributed by atoms with E-state index in [0.29, 0.717) is 5.57 Å². The number of carbonyl (C=O) groups excluding carboxylic acids is 1.